The van der Waals surface area contributed by atoms with Gasteiger partial charge in [0.2, 0.25) is 0 Å². The van der Waals surface area contributed by atoms with Gasteiger partial charge in [-0.15, -0.1) is 0 Å². The molecule has 0 unspecified atom stereocenters. The van der Waals surface area contributed by atoms with Crippen LogP contribution < -0.4 is 0 Å². The van der Waals surface area contributed by atoms with Crippen molar-refractivity contribution in [1.82, 2.24) is 0 Å². The summed E-state index contributed by atoms with van der Waals surface area (Å²) in [4.78, 5) is 0. The van der Waals surface area contributed by atoms with E-state index < -0.39 is 0 Å². The first-order chi connectivity index (χ1) is 26.7. The molecule has 0 radical (unpaired) electrons. The summed E-state index contributed by atoms with van der Waals surface area (Å²) in [7, 11) is 0. The van der Waals surface area contributed by atoms with Crippen LogP contribution in [0.25, 0.3) is 109 Å². The van der Waals surface area contributed by atoms with Crippen LogP contribution in [-0.4, -0.2) is 0 Å². The summed E-state index contributed by atoms with van der Waals surface area (Å²) in [5.74, 6) is 0. The molecule has 0 nitrogen and oxygen atoms in total. The molecule has 0 heteroatoms. The highest BCUT2D eigenvalue weighted by Crippen LogP contribution is 2.39. The van der Waals surface area contributed by atoms with E-state index in [1.165, 1.54) is 109 Å². The first-order valence-electron chi connectivity index (χ1n) is 18.7. The van der Waals surface area contributed by atoms with Gasteiger partial charge in [0.15, 0.2) is 0 Å². The van der Waals surface area contributed by atoms with Crippen molar-refractivity contribution in [3.8, 4) is 44.5 Å². The first-order valence-corrected chi connectivity index (χ1v) is 18.7. The van der Waals surface area contributed by atoms with Crippen LogP contribution in [-0.2, 0) is 0 Å². The van der Waals surface area contributed by atoms with Crippen LogP contribution in [0.4, 0.5) is 0 Å². The highest BCUT2D eigenvalue weighted by molar-refractivity contribution is 6.12. The topological polar surface area (TPSA) is 0 Å². The Balaban J connectivity index is 0.943. The zero-order valence-corrected chi connectivity index (χ0v) is 29.6. The summed E-state index contributed by atoms with van der Waals surface area (Å²) in [6.45, 7) is 0. The third kappa shape index (κ3) is 5.15. The third-order valence-corrected chi connectivity index (χ3v) is 11.4. The Morgan fingerprint density at radius 3 is 0.963 bits per heavy atom. The molecule has 0 aromatic heterocycles. The Bertz CT molecular complexity index is 3260. The molecule has 0 heterocycles. The van der Waals surface area contributed by atoms with Crippen molar-refractivity contribution in [2.24, 2.45) is 0 Å². The zero-order valence-electron chi connectivity index (χ0n) is 29.6. The van der Waals surface area contributed by atoms with Gasteiger partial charge < -0.3 is 0 Å². The van der Waals surface area contributed by atoms with E-state index in [1.54, 1.807) is 0 Å². The second kappa shape index (κ2) is 12.3. The van der Waals surface area contributed by atoms with Gasteiger partial charge in [0.1, 0.15) is 0 Å². The van der Waals surface area contributed by atoms with E-state index in [2.05, 4.69) is 206 Å². The van der Waals surface area contributed by atoms with E-state index in [0.717, 1.165) is 0 Å². The van der Waals surface area contributed by atoms with E-state index >= 15 is 0 Å². The second-order valence-corrected chi connectivity index (χ2v) is 14.5. The van der Waals surface area contributed by atoms with Gasteiger partial charge in [-0.2, -0.15) is 0 Å². The summed E-state index contributed by atoms with van der Waals surface area (Å²) >= 11 is 0. The molecule has 11 rings (SSSR count). The van der Waals surface area contributed by atoms with Crippen LogP contribution in [0.15, 0.2) is 206 Å². The average molecular weight is 683 g/mol. The molecule has 54 heavy (non-hydrogen) atoms. The van der Waals surface area contributed by atoms with Gasteiger partial charge in [0.05, 0.1) is 0 Å². The van der Waals surface area contributed by atoms with Gasteiger partial charge in [-0.05, 0) is 152 Å². The Kier molecular flexibility index (Phi) is 6.97. The molecule has 0 saturated carbocycles. The Hall–Kier alpha value is -7.02. The lowest BCUT2D eigenvalue weighted by molar-refractivity contribution is 1.62. The predicted molar refractivity (Wildman–Crippen MR) is 233 cm³/mol. The number of rotatable bonds is 4. The third-order valence-electron chi connectivity index (χ3n) is 11.4. The fourth-order valence-electron chi connectivity index (χ4n) is 8.55. The lowest BCUT2D eigenvalue weighted by atomic mass is 9.89. The van der Waals surface area contributed by atoms with Crippen molar-refractivity contribution in [3.05, 3.63) is 206 Å². The molecule has 0 N–H and O–H groups in total. The summed E-state index contributed by atoms with van der Waals surface area (Å²) in [5.41, 5.74) is 9.94. The Morgan fingerprint density at radius 1 is 0.167 bits per heavy atom. The zero-order chi connectivity index (χ0) is 35.6. The summed E-state index contributed by atoms with van der Waals surface area (Å²) in [6.07, 6.45) is 0. The molecule has 0 aliphatic carbocycles. The van der Waals surface area contributed by atoms with Crippen molar-refractivity contribution in [3.63, 3.8) is 0 Å². The SMILES string of the molecule is c1ccc(-c2cc3ccccc3cc2-c2ccc3c(ccc4cc(-c5ccc6c(ccc7cc(-c8ccc9ccccc9c8)ccc76)c5)ccc43)c2)cc1. The highest BCUT2D eigenvalue weighted by Gasteiger charge is 2.13. The van der Waals surface area contributed by atoms with Crippen LogP contribution in [0, 0.1) is 0 Å². The molecule has 0 bridgehead atoms. The molecule has 0 amide bonds. The fraction of sp³-hybridized carbons (Fsp3) is 0. The smallest absolute Gasteiger partial charge is 0.00988 e. The van der Waals surface area contributed by atoms with Crippen molar-refractivity contribution >= 4 is 64.6 Å². The molecule has 250 valence electrons. The molecule has 0 spiro atoms. The minimum atomic E-state index is 1.23. The standard InChI is InChI=1S/C54H34/c1-2-9-36(10-3-1)53-33-38-12-6-7-13-39(38)34-54(53)48-23-27-52-47(32-48)19-18-46-31-43(22-26-51(46)52)42-21-25-50-45(30-42)17-16-44-29-41(20-24-49(44)50)40-15-14-35-8-4-5-11-37(35)28-40/h1-34H. The van der Waals surface area contributed by atoms with Crippen molar-refractivity contribution in [1.29, 1.82) is 0 Å². The normalized spacial score (nSPS) is 11.7. The van der Waals surface area contributed by atoms with E-state index in [1.807, 2.05) is 0 Å². The van der Waals surface area contributed by atoms with Gasteiger partial charge >= 0.3 is 0 Å². The minimum Gasteiger partial charge on any atom is -0.0622 e. The average Bonchev–Trinajstić information content (AvgIpc) is 3.25. The number of benzene rings is 11. The van der Waals surface area contributed by atoms with E-state index in [-0.39, 0.29) is 0 Å². The molecule has 11 aromatic rings. The maximum atomic E-state index is 2.36. The van der Waals surface area contributed by atoms with Crippen molar-refractivity contribution < 1.29 is 0 Å². The quantitative estimate of drug-likeness (QED) is 0.162. The largest absolute Gasteiger partial charge is 0.0622 e. The van der Waals surface area contributed by atoms with Gasteiger partial charge in [-0.3, -0.25) is 0 Å². The van der Waals surface area contributed by atoms with Crippen LogP contribution >= 0.6 is 0 Å². The van der Waals surface area contributed by atoms with Gasteiger partial charge in [0.25, 0.3) is 0 Å². The summed E-state index contributed by atoms with van der Waals surface area (Å²) < 4.78 is 0. The summed E-state index contributed by atoms with van der Waals surface area (Å²) in [5, 5.41) is 15.2. The molecule has 0 saturated heterocycles. The van der Waals surface area contributed by atoms with Gasteiger partial charge in [-0.25, -0.2) is 0 Å². The van der Waals surface area contributed by atoms with Gasteiger partial charge in [-0.1, -0.05) is 164 Å². The first kappa shape index (κ1) is 30.6. The molecule has 11 aromatic carbocycles. The number of hydrogen-bond acceptors (Lipinski definition) is 0. The Labute approximate surface area is 314 Å². The molecule has 0 aliphatic heterocycles. The number of fused-ring (bicyclic) bond motifs is 8. The lowest BCUT2D eigenvalue weighted by Gasteiger charge is -2.14. The Morgan fingerprint density at radius 2 is 0.481 bits per heavy atom. The molecule has 0 aliphatic rings. The maximum absolute atomic E-state index is 2.36. The lowest BCUT2D eigenvalue weighted by Crippen LogP contribution is -1.88. The van der Waals surface area contributed by atoms with Crippen LogP contribution in [0.3, 0.4) is 0 Å². The highest BCUT2D eigenvalue weighted by atomic mass is 14.2. The monoisotopic (exact) mass is 682 g/mol. The van der Waals surface area contributed by atoms with E-state index in [9.17, 15) is 0 Å². The molecule has 0 fully saturated rings. The van der Waals surface area contributed by atoms with E-state index in [0.29, 0.717) is 0 Å². The predicted octanol–water partition coefficient (Wildman–Crippen LogP) is 15.3. The molecule has 0 atom stereocenters. The van der Waals surface area contributed by atoms with Crippen LogP contribution in [0.5, 0.6) is 0 Å². The number of hydrogen-bond donors (Lipinski definition) is 0. The fourth-order valence-corrected chi connectivity index (χ4v) is 8.55. The maximum Gasteiger partial charge on any atom is -0.00988 e. The summed E-state index contributed by atoms with van der Waals surface area (Å²) in [6, 6.07) is 76.2. The minimum absolute atomic E-state index is 1.23. The van der Waals surface area contributed by atoms with Crippen molar-refractivity contribution in [2.45, 2.75) is 0 Å². The van der Waals surface area contributed by atoms with Crippen molar-refractivity contribution in [2.75, 3.05) is 0 Å². The second-order valence-electron chi connectivity index (χ2n) is 14.5. The molecular weight excluding hydrogens is 649 g/mol. The van der Waals surface area contributed by atoms with E-state index in [4.69, 9.17) is 0 Å². The molecular formula is C54H34. The van der Waals surface area contributed by atoms with Gasteiger partial charge in [0, 0.05) is 0 Å². The van der Waals surface area contributed by atoms with Crippen LogP contribution in [0.2, 0.25) is 0 Å². The van der Waals surface area contributed by atoms with Crippen LogP contribution in [0.1, 0.15) is 0 Å².